The molecule has 1 heterocycles. The molecule has 0 bridgehead atoms. The third-order valence-corrected chi connectivity index (χ3v) is 2.45. The van der Waals surface area contributed by atoms with Gasteiger partial charge < -0.3 is 9.47 Å². The summed E-state index contributed by atoms with van der Waals surface area (Å²) in [7, 11) is 2.82. The molecule has 1 N–H and O–H groups in total. The van der Waals surface area contributed by atoms with Crippen LogP contribution >= 0.6 is 0 Å². The van der Waals surface area contributed by atoms with Crippen molar-refractivity contribution >= 4 is 17.6 Å². The highest BCUT2D eigenvalue weighted by atomic mass is 16.5. The van der Waals surface area contributed by atoms with Crippen LogP contribution in [0.1, 0.15) is 20.7 Å². The van der Waals surface area contributed by atoms with E-state index in [0.29, 0.717) is 11.5 Å². The van der Waals surface area contributed by atoms with Crippen LogP contribution in [0, 0.1) is 0 Å². The first-order valence-corrected chi connectivity index (χ1v) is 4.74. The van der Waals surface area contributed by atoms with Crippen molar-refractivity contribution in [3.8, 4) is 11.5 Å². The van der Waals surface area contributed by atoms with Gasteiger partial charge in [0.15, 0.2) is 11.5 Å². The molecule has 2 rings (SSSR count). The third kappa shape index (κ3) is 1.63. The van der Waals surface area contributed by atoms with Crippen molar-refractivity contribution in [2.45, 2.75) is 0 Å². The molecule has 88 valence electrons. The summed E-state index contributed by atoms with van der Waals surface area (Å²) in [6.07, 6.45) is 0. The monoisotopic (exact) mass is 235 g/mol. The molecule has 1 aliphatic rings. The van der Waals surface area contributed by atoms with Gasteiger partial charge in [0.05, 0.1) is 19.8 Å². The quantitative estimate of drug-likeness (QED) is 0.583. The summed E-state index contributed by atoms with van der Waals surface area (Å²) in [5, 5.41) is 1.95. The molecule has 0 aromatic heterocycles. The molecule has 2 amide bonds. The van der Waals surface area contributed by atoms with Gasteiger partial charge >= 0.3 is 0 Å². The Morgan fingerprint density at radius 3 is 1.94 bits per heavy atom. The first-order chi connectivity index (χ1) is 8.08. The first kappa shape index (κ1) is 11.1. The Labute approximate surface area is 96.5 Å². The summed E-state index contributed by atoms with van der Waals surface area (Å²) < 4.78 is 10.0. The molecular weight excluding hydrogens is 226 g/mol. The van der Waals surface area contributed by atoms with Crippen LogP contribution in [0.5, 0.6) is 11.5 Å². The van der Waals surface area contributed by atoms with E-state index in [4.69, 9.17) is 9.47 Å². The van der Waals surface area contributed by atoms with Gasteiger partial charge in [-0.25, -0.2) is 0 Å². The minimum absolute atomic E-state index is 0.0244. The van der Waals surface area contributed by atoms with Gasteiger partial charge in [-0.3, -0.25) is 19.7 Å². The number of fused-ring (bicyclic) bond motifs is 1. The van der Waals surface area contributed by atoms with Crippen LogP contribution in [0.15, 0.2) is 12.1 Å². The smallest absolute Gasteiger partial charge is 0.299 e. The first-order valence-electron chi connectivity index (χ1n) is 4.74. The Balaban J connectivity index is 2.67. The van der Waals surface area contributed by atoms with Crippen molar-refractivity contribution in [1.82, 2.24) is 5.32 Å². The number of carbonyl (C=O) groups is 3. The van der Waals surface area contributed by atoms with E-state index in [2.05, 4.69) is 0 Å². The topological polar surface area (TPSA) is 81.7 Å². The van der Waals surface area contributed by atoms with Gasteiger partial charge in [-0.2, -0.15) is 0 Å². The molecule has 0 saturated heterocycles. The van der Waals surface area contributed by atoms with Crippen LogP contribution in [0.3, 0.4) is 0 Å². The second kappa shape index (κ2) is 3.89. The van der Waals surface area contributed by atoms with E-state index in [1.807, 2.05) is 5.32 Å². The second-order valence-corrected chi connectivity index (χ2v) is 3.37. The lowest BCUT2D eigenvalue weighted by molar-refractivity contribution is -0.116. The molecule has 0 atom stereocenters. The summed E-state index contributed by atoms with van der Waals surface area (Å²) in [6.45, 7) is 0. The summed E-state index contributed by atoms with van der Waals surface area (Å²) >= 11 is 0. The average molecular weight is 235 g/mol. The number of ketones is 1. The lowest BCUT2D eigenvalue weighted by Crippen LogP contribution is -2.42. The normalized spacial score (nSPS) is 14.1. The number of benzene rings is 1. The summed E-state index contributed by atoms with van der Waals surface area (Å²) in [6, 6.07) is 2.70. The molecule has 6 nitrogen and oxygen atoms in total. The standard InChI is InChI=1S/C11H9NO5/c1-16-7-3-5-6(4-8(7)17-2)10(14)12-11(15)9(5)13/h3-4H,1-2H3,(H,12,14,15). The highest BCUT2D eigenvalue weighted by molar-refractivity contribution is 6.49. The van der Waals surface area contributed by atoms with E-state index >= 15 is 0 Å². The van der Waals surface area contributed by atoms with E-state index < -0.39 is 17.6 Å². The number of ether oxygens (including phenoxy) is 2. The van der Waals surface area contributed by atoms with Crippen molar-refractivity contribution < 1.29 is 23.9 Å². The van der Waals surface area contributed by atoms with Crippen LogP contribution in [-0.4, -0.2) is 31.8 Å². The Kier molecular flexibility index (Phi) is 2.55. The fourth-order valence-corrected chi connectivity index (χ4v) is 1.60. The second-order valence-electron chi connectivity index (χ2n) is 3.37. The Bertz CT molecular complexity index is 535. The highest BCUT2D eigenvalue weighted by Gasteiger charge is 2.32. The lowest BCUT2D eigenvalue weighted by Gasteiger charge is -2.16. The minimum atomic E-state index is -0.935. The maximum Gasteiger partial charge on any atom is 0.299 e. The van der Waals surface area contributed by atoms with E-state index in [1.165, 1.54) is 26.4 Å². The van der Waals surface area contributed by atoms with Gasteiger partial charge in [-0.1, -0.05) is 0 Å². The zero-order valence-corrected chi connectivity index (χ0v) is 9.20. The zero-order chi connectivity index (χ0) is 12.6. The van der Waals surface area contributed by atoms with E-state index in [1.54, 1.807) is 0 Å². The molecule has 0 spiro atoms. The molecule has 17 heavy (non-hydrogen) atoms. The molecule has 6 heteroatoms. The van der Waals surface area contributed by atoms with Crippen LogP contribution in [0.25, 0.3) is 0 Å². The molecule has 1 aromatic rings. The third-order valence-electron chi connectivity index (χ3n) is 2.45. The summed E-state index contributed by atoms with van der Waals surface area (Å²) in [4.78, 5) is 34.3. The van der Waals surface area contributed by atoms with Crippen LogP contribution < -0.4 is 14.8 Å². The molecule has 0 radical (unpaired) electrons. The fraction of sp³-hybridized carbons (Fsp3) is 0.182. The molecule has 0 fully saturated rings. The van der Waals surface area contributed by atoms with Crippen LogP contribution in [0.4, 0.5) is 0 Å². The summed E-state index contributed by atoms with van der Waals surface area (Å²) in [5.74, 6) is -1.70. The zero-order valence-electron chi connectivity index (χ0n) is 9.20. The number of carbonyl (C=O) groups excluding carboxylic acids is 3. The van der Waals surface area contributed by atoms with E-state index in [-0.39, 0.29) is 11.1 Å². The fourth-order valence-electron chi connectivity index (χ4n) is 1.60. The lowest BCUT2D eigenvalue weighted by atomic mass is 9.98. The van der Waals surface area contributed by atoms with Gasteiger partial charge in [-0.15, -0.1) is 0 Å². The number of hydrogen-bond acceptors (Lipinski definition) is 5. The van der Waals surface area contributed by atoms with Crippen LogP contribution in [-0.2, 0) is 4.79 Å². The molecule has 0 saturated carbocycles. The predicted octanol–water partition coefficient (Wildman–Crippen LogP) is 0.156. The molecule has 1 aliphatic heterocycles. The number of hydrogen-bond donors (Lipinski definition) is 1. The Morgan fingerprint density at radius 1 is 0.882 bits per heavy atom. The van der Waals surface area contributed by atoms with Gasteiger partial charge in [0.1, 0.15) is 0 Å². The molecular formula is C11H9NO5. The number of methoxy groups -OCH3 is 2. The van der Waals surface area contributed by atoms with E-state index in [0.717, 1.165) is 0 Å². The average Bonchev–Trinajstić information content (AvgIpc) is 2.34. The SMILES string of the molecule is COc1cc2c(cc1OC)C(=O)C(=O)NC2=O. The van der Waals surface area contributed by atoms with Gasteiger partial charge in [0.25, 0.3) is 17.6 Å². The van der Waals surface area contributed by atoms with Crippen LogP contribution in [0.2, 0.25) is 0 Å². The number of amides is 2. The van der Waals surface area contributed by atoms with Crippen molar-refractivity contribution in [2.24, 2.45) is 0 Å². The van der Waals surface area contributed by atoms with Crippen molar-refractivity contribution in [2.75, 3.05) is 14.2 Å². The highest BCUT2D eigenvalue weighted by Crippen LogP contribution is 2.31. The number of Topliss-reactive ketones (excluding diaryl/α,β-unsaturated/α-hetero) is 1. The maximum absolute atomic E-state index is 11.6. The largest absolute Gasteiger partial charge is 0.493 e. The number of nitrogens with one attached hydrogen (secondary N) is 1. The van der Waals surface area contributed by atoms with Gasteiger partial charge in [-0.05, 0) is 12.1 Å². The van der Waals surface area contributed by atoms with Crippen molar-refractivity contribution in [3.05, 3.63) is 23.3 Å². The molecule has 0 aliphatic carbocycles. The molecule has 0 unspecified atom stereocenters. The predicted molar refractivity (Wildman–Crippen MR) is 56.3 cm³/mol. The Morgan fingerprint density at radius 2 is 1.41 bits per heavy atom. The number of rotatable bonds is 2. The van der Waals surface area contributed by atoms with Gasteiger partial charge in [0.2, 0.25) is 0 Å². The summed E-state index contributed by atoms with van der Waals surface area (Å²) in [5.41, 5.74) is 0.128. The number of imide groups is 1. The Hall–Kier alpha value is -2.37. The van der Waals surface area contributed by atoms with Gasteiger partial charge in [0, 0.05) is 5.56 Å². The van der Waals surface area contributed by atoms with E-state index in [9.17, 15) is 14.4 Å². The van der Waals surface area contributed by atoms with Crippen molar-refractivity contribution in [3.63, 3.8) is 0 Å². The molecule has 1 aromatic carbocycles. The minimum Gasteiger partial charge on any atom is -0.493 e. The maximum atomic E-state index is 11.6. The van der Waals surface area contributed by atoms with Crippen molar-refractivity contribution in [1.29, 1.82) is 0 Å².